The van der Waals surface area contributed by atoms with Crippen molar-refractivity contribution < 1.29 is 13.5 Å². The third-order valence-corrected chi connectivity index (χ3v) is 7.76. The van der Waals surface area contributed by atoms with Crippen molar-refractivity contribution in [2.24, 2.45) is 9.98 Å². The summed E-state index contributed by atoms with van der Waals surface area (Å²) in [6.45, 7) is 5.58. The summed E-state index contributed by atoms with van der Waals surface area (Å²) in [6, 6.07) is 6.03. The Labute approximate surface area is 172 Å². The van der Waals surface area contributed by atoms with Crippen molar-refractivity contribution in [2.45, 2.75) is 69.0 Å². The summed E-state index contributed by atoms with van der Waals surface area (Å²) in [5.74, 6) is 1.17. The summed E-state index contributed by atoms with van der Waals surface area (Å²) in [4.78, 5) is 11.5. The highest BCUT2D eigenvalue weighted by Crippen LogP contribution is 2.28. The van der Waals surface area contributed by atoms with E-state index in [0.29, 0.717) is 6.42 Å². The highest BCUT2D eigenvalue weighted by Gasteiger charge is 2.44. The van der Waals surface area contributed by atoms with Gasteiger partial charge in [0.15, 0.2) is 9.84 Å². The molecule has 0 aromatic heterocycles. The van der Waals surface area contributed by atoms with E-state index in [1.807, 2.05) is 31.3 Å². The molecule has 3 aliphatic rings. The van der Waals surface area contributed by atoms with Crippen LogP contribution in [0.15, 0.2) is 28.2 Å². The predicted octanol–water partition coefficient (Wildman–Crippen LogP) is 1.64. The number of amidine groups is 1. The van der Waals surface area contributed by atoms with Crippen LogP contribution in [0.2, 0.25) is 0 Å². The molecule has 158 valence electrons. The molecule has 3 unspecified atom stereocenters. The van der Waals surface area contributed by atoms with Crippen LogP contribution in [0.1, 0.15) is 49.8 Å². The minimum Gasteiger partial charge on any atom is -0.378 e. The molecular formula is C21H30N4O3S. The maximum atomic E-state index is 11.8. The monoisotopic (exact) mass is 418 g/mol. The first-order valence-electron chi connectivity index (χ1n) is 10.4. The van der Waals surface area contributed by atoms with Crippen LogP contribution in [0.4, 0.5) is 0 Å². The smallest absolute Gasteiger partial charge is 0.158 e. The summed E-state index contributed by atoms with van der Waals surface area (Å²) < 4.78 is 23.6. The molecule has 3 aliphatic heterocycles. The highest BCUT2D eigenvalue weighted by atomic mass is 32.2. The number of nitrogens with one attached hydrogen (secondary N) is 1. The van der Waals surface area contributed by atoms with Gasteiger partial charge >= 0.3 is 0 Å². The van der Waals surface area contributed by atoms with E-state index in [4.69, 9.17) is 4.99 Å². The number of rotatable bonds is 5. The largest absolute Gasteiger partial charge is 0.378 e. The summed E-state index contributed by atoms with van der Waals surface area (Å²) in [5, 5.41) is 13.9. The van der Waals surface area contributed by atoms with Gasteiger partial charge in [-0.05, 0) is 49.4 Å². The second-order valence-electron chi connectivity index (χ2n) is 8.43. The Balaban J connectivity index is 1.39. The Kier molecular flexibility index (Phi) is 5.63. The van der Waals surface area contributed by atoms with E-state index in [0.717, 1.165) is 49.3 Å². The van der Waals surface area contributed by atoms with Gasteiger partial charge in [0.2, 0.25) is 0 Å². The molecule has 2 N–H and O–H groups in total. The molecule has 4 rings (SSSR count). The first-order chi connectivity index (χ1) is 13.8. The van der Waals surface area contributed by atoms with Crippen molar-refractivity contribution in [3.8, 4) is 0 Å². The van der Waals surface area contributed by atoms with E-state index in [9.17, 15) is 13.5 Å². The minimum atomic E-state index is -2.96. The number of hydrogen-bond donors (Lipinski definition) is 2. The van der Waals surface area contributed by atoms with Gasteiger partial charge in [-0.2, -0.15) is 0 Å². The van der Waals surface area contributed by atoms with Crippen LogP contribution in [-0.4, -0.2) is 61.5 Å². The number of aliphatic imine (C=N–C) groups is 2. The van der Waals surface area contributed by atoms with Crippen LogP contribution >= 0.6 is 0 Å². The molecule has 29 heavy (non-hydrogen) atoms. The zero-order valence-electron chi connectivity index (χ0n) is 17.1. The molecule has 0 amide bonds. The molecule has 7 nitrogen and oxygen atoms in total. The lowest BCUT2D eigenvalue weighted by Gasteiger charge is -2.43. The molecule has 3 atom stereocenters. The van der Waals surface area contributed by atoms with Gasteiger partial charge in [0.1, 0.15) is 18.2 Å². The lowest BCUT2D eigenvalue weighted by Crippen LogP contribution is -2.61. The zero-order chi connectivity index (χ0) is 20.6. The molecule has 1 aromatic rings. The lowest BCUT2D eigenvalue weighted by molar-refractivity contribution is -0.0350. The predicted molar refractivity (Wildman–Crippen MR) is 115 cm³/mol. The van der Waals surface area contributed by atoms with E-state index in [-0.39, 0.29) is 17.7 Å². The summed E-state index contributed by atoms with van der Waals surface area (Å²) in [5.41, 5.74) is 2.63. The maximum Gasteiger partial charge on any atom is 0.158 e. The van der Waals surface area contributed by atoms with Crippen LogP contribution in [0.25, 0.3) is 0 Å². The quantitative estimate of drug-likeness (QED) is 0.758. The van der Waals surface area contributed by atoms with Gasteiger partial charge in [-0.25, -0.2) is 18.4 Å². The van der Waals surface area contributed by atoms with Crippen molar-refractivity contribution in [3.05, 3.63) is 34.9 Å². The van der Waals surface area contributed by atoms with E-state index in [1.165, 1.54) is 5.56 Å². The summed E-state index contributed by atoms with van der Waals surface area (Å²) in [6.07, 6.45) is 4.56. The highest BCUT2D eigenvalue weighted by molar-refractivity contribution is 7.90. The number of aliphatic hydroxyl groups excluding tert-OH is 1. The number of aliphatic hydroxyl groups is 1. The summed E-state index contributed by atoms with van der Waals surface area (Å²) >= 11 is 0. The maximum absolute atomic E-state index is 11.8. The van der Waals surface area contributed by atoms with Gasteiger partial charge in [-0.15, -0.1) is 0 Å². The second-order valence-corrected chi connectivity index (χ2v) is 10.5. The van der Waals surface area contributed by atoms with E-state index >= 15 is 0 Å². The number of sulfone groups is 1. The van der Waals surface area contributed by atoms with Gasteiger partial charge in [0.25, 0.3) is 0 Å². The molecule has 1 aromatic carbocycles. The Morgan fingerprint density at radius 1 is 1.28 bits per heavy atom. The summed E-state index contributed by atoms with van der Waals surface area (Å²) in [7, 11) is -2.96. The average Bonchev–Trinajstić information content (AvgIpc) is 2.90. The molecule has 0 saturated carbocycles. The molecule has 1 fully saturated rings. The molecule has 0 spiro atoms. The second kappa shape index (κ2) is 7.91. The van der Waals surface area contributed by atoms with Gasteiger partial charge in [-0.1, -0.05) is 25.1 Å². The molecule has 3 heterocycles. The Morgan fingerprint density at radius 2 is 2.07 bits per heavy atom. The van der Waals surface area contributed by atoms with Crippen molar-refractivity contribution in [3.63, 3.8) is 0 Å². The van der Waals surface area contributed by atoms with Crippen LogP contribution in [0.3, 0.4) is 0 Å². The number of hydrogen-bond acceptors (Lipinski definition) is 7. The molecule has 0 aliphatic carbocycles. The Hall–Kier alpha value is -1.61. The molecular weight excluding hydrogens is 388 g/mol. The first kappa shape index (κ1) is 20.7. The van der Waals surface area contributed by atoms with Crippen molar-refractivity contribution in [1.29, 1.82) is 0 Å². The number of aryl methyl sites for hydroxylation is 1. The van der Waals surface area contributed by atoms with Crippen LogP contribution < -0.4 is 5.32 Å². The zero-order valence-corrected chi connectivity index (χ0v) is 18.0. The average molecular weight is 419 g/mol. The molecule has 1 saturated heterocycles. The minimum absolute atomic E-state index is 0.114. The van der Waals surface area contributed by atoms with Crippen molar-refractivity contribution in [1.82, 2.24) is 10.2 Å². The van der Waals surface area contributed by atoms with Crippen molar-refractivity contribution in [2.75, 3.05) is 13.1 Å². The fourth-order valence-corrected chi connectivity index (χ4v) is 6.26. The third kappa shape index (κ3) is 4.17. The number of likely N-dealkylation sites (N-methyl/N-ethyl adjacent to an activating group) is 1. The first-order valence-corrected chi connectivity index (χ1v) is 12.2. The van der Waals surface area contributed by atoms with Crippen LogP contribution in [0.5, 0.6) is 0 Å². The van der Waals surface area contributed by atoms with E-state index < -0.39 is 21.6 Å². The van der Waals surface area contributed by atoms with E-state index in [1.54, 1.807) is 0 Å². The van der Waals surface area contributed by atoms with Gasteiger partial charge < -0.3 is 5.11 Å². The van der Waals surface area contributed by atoms with Gasteiger partial charge in [0.05, 0.1) is 17.0 Å². The van der Waals surface area contributed by atoms with Crippen LogP contribution in [0, 0.1) is 0 Å². The fraction of sp³-hybridized carbons (Fsp3) is 0.619. The van der Waals surface area contributed by atoms with E-state index in [2.05, 4.69) is 22.1 Å². The SMILES string of the molecule is CCN1C(O)CCNC2N=C(CCCc3ccc4c(c3)CS(=O)(=O)C4)N=CC21C. The topological polar surface area (TPSA) is 94.4 Å². The number of fused-ring (bicyclic) bond motifs is 2. The number of benzene rings is 1. The standard InChI is InChI=1S/C21H30N4O3S/c1-3-25-19(26)9-10-22-20-21(25,2)14-23-18(24-20)6-4-5-15-7-8-16-12-29(27,28)13-17(16)11-15/h7-8,11,14,19-20,22,26H,3-6,9-10,12-13H2,1-2H3. The van der Waals surface area contributed by atoms with Gasteiger partial charge in [-0.3, -0.25) is 10.2 Å². The van der Waals surface area contributed by atoms with Crippen LogP contribution in [-0.2, 0) is 27.8 Å². The number of nitrogens with zero attached hydrogens (tertiary/aromatic N) is 3. The molecule has 0 bridgehead atoms. The Bertz CT molecular complexity index is 943. The van der Waals surface area contributed by atoms with Gasteiger partial charge in [0, 0.05) is 19.2 Å². The fourth-order valence-electron chi connectivity index (χ4n) is 4.66. The lowest BCUT2D eigenvalue weighted by atomic mass is 9.95. The Morgan fingerprint density at radius 3 is 2.86 bits per heavy atom. The normalized spacial score (nSPS) is 31.1. The molecule has 8 heteroatoms. The van der Waals surface area contributed by atoms with Crippen molar-refractivity contribution >= 4 is 21.9 Å². The molecule has 0 radical (unpaired) electrons. The third-order valence-electron chi connectivity index (χ3n) is 6.25.